The van der Waals surface area contributed by atoms with E-state index in [1.807, 2.05) is 66.2 Å². The average molecular weight is 558 g/mol. The van der Waals surface area contributed by atoms with Gasteiger partial charge in [0.1, 0.15) is 17.3 Å². The molecule has 1 saturated heterocycles. The summed E-state index contributed by atoms with van der Waals surface area (Å²) in [5.74, 6) is 2.18. The molecule has 0 bridgehead atoms. The molecule has 4 aromatic rings. The van der Waals surface area contributed by atoms with Gasteiger partial charge in [0.2, 0.25) is 12.3 Å². The summed E-state index contributed by atoms with van der Waals surface area (Å²) in [7, 11) is 3.21. The zero-order valence-corrected chi connectivity index (χ0v) is 23.7. The minimum absolute atomic E-state index is 0.313. The quantitative estimate of drug-likeness (QED) is 0.328. The van der Waals surface area contributed by atoms with Gasteiger partial charge in [-0.2, -0.15) is 10.1 Å². The number of para-hydroxylation sites is 1. The zero-order chi connectivity index (χ0) is 28.5. The van der Waals surface area contributed by atoms with E-state index in [-0.39, 0.29) is 0 Å². The monoisotopic (exact) mass is 557 g/mol. The number of hydrogen-bond acceptors (Lipinski definition) is 10. The fourth-order valence-corrected chi connectivity index (χ4v) is 5.65. The molecule has 1 atom stereocenters. The van der Waals surface area contributed by atoms with E-state index in [0.29, 0.717) is 41.5 Å². The Labute approximate surface area is 239 Å². The van der Waals surface area contributed by atoms with E-state index in [9.17, 15) is 5.11 Å². The Bertz CT molecular complexity index is 1520. The van der Waals surface area contributed by atoms with Crippen LogP contribution in [0.4, 0.5) is 28.8 Å². The number of benzene rings is 2. The summed E-state index contributed by atoms with van der Waals surface area (Å²) in [5.41, 5.74) is 5.39. The molecule has 0 radical (unpaired) electrons. The number of ether oxygens (including phenoxy) is 3. The minimum Gasteiger partial charge on any atom is -0.497 e. The molecule has 0 saturated carbocycles. The van der Waals surface area contributed by atoms with Crippen LogP contribution in [-0.4, -0.2) is 58.6 Å². The van der Waals surface area contributed by atoms with Crippen molar-refractivity contribution in [2.45, 2.75) is 45.6 Å². The Morgan fingerprint density at radius 3 is 2.54 bits per heavy atom. The molecule has 2 N–H and O–H groups in total. The molecule has 4 heterocycles. The third-order valence-electron chi connectivity index (χ3n) is 7.72. The Hall–Kier alpha value is -4.35. The maximum absolute atomic E-state index is 12.0. The van der Waals surface area contributed by atoms with E-state index in [4.69, 9.17) is 19.2 Å². The summed E-state index contributed by atoms with van der Waals surface area (Å²) in [6, 6.07) is 11.9. The van der Waals surface area contributed by atoms with Crippen LogP contribution in [0.2, 0.25) is 0 Å². The number of fused-ring (bicyclic) bond motifs is 1. The van der Waals surface area contributed by atoms with Crippen LogP contribution in [0.3, 0.4) is 0 Å². The van der Waals surface area contributed by atoms with Gasteiger partial charge in [0.05, 0.1) is 44.4 Å². The largest absolute Gasteiger partial charge is 0.497 e. The first-order valence-corrected chi connectivity index (χ1v) is 13.7. The minimum atomic E-state index is -1.07. The van der Waals surface area contributed by atoms with E-state index < -0.39 is 6.35 Å². The van der Waals surface area contributed by atoms with E-state index in [2.05, 4.69) is 15.4 Å². The van der Waals surface area contributed by atoms with Crippen molar-refractivity contribution in [1.29, 1.82) is 0 Å². The van der Waals surface area contributed by atoms with Crippen molar-refractivity contribution in [2.75, 3.05) is 42.5 Å². The topological polar surface area (TPSA) is 110 Å². The highest BCUT2D eigenvalue weighted by atomic mass is 16.5. The van der Waals surface area contributed by atoms with E-state index in [0.717, 1.165) is 54.1 Å². The summed E-state index contributed by atoms with van der Waals surface area (Å²) in [5, 5.41) is 19.8. The van der Waals surface area contributed by atoms with Gasteiger partial charge in [0.15, 0.2) is 0 Å². The maximum Gasteiger partial charge on any atom is 0.229 e. The van der Waals surface area contributed by atoms with Crippen LogP contribution in [0.1, 0.15) is 35.6 Å². The molecular weight excluding hydrogens is 522 g/mol. The SMILES string of the molecule is COc1ccc(N2c3nc(Nc4cnn(C5CCOCC5)c4)ncc3CN(c3c(C)cccc3C)C2O)c(OC)c1. The average Bonchev–Trinajstić information content (AvgIpc) is 3.46. The van der Waals surface area contributed by atoms with E-state index in [1.165, 1.54) is 0 Å². The zero-order valence-electron chi connectivity index (χ0n) is 23.7. The van der Waals surface area contributed by atoms with Crippen molar-refractivity contribution in [3.63, 3.8) is 0 Å². The van der Waals surface area contributed by atoms with Gasteiger partial charge >= 0.3 is 0 Å². The second-order valence-electron chi connectivity index (χ2n) is 10.3. The molecule has 2 aliphatic heterocycles. The van der Waals surface area contributed by atoms with E-state index >= 15 is 0 Å². The molecule has 41 heavy (non-hydrogen) atoms. The normalized spacial score (nSPS) is 17.3. The van der Waals surface area contributed by atoms with Gasteiger partial charge in [-0.15, -0.1) is 0 Å². The van der Waals surface area contributed by atoms with Crippen LogP contribution in [0.15, 0.2) is 55.0 Å². The number of rotatable bonds is 7. The van der Waals surface area contributed by atoms with Gasteiger partial charge in [0.25, 0.3) is 0 Å². The molecule has 214 valence electrons. The number of nitrogens with one attached hydrogen (secondary N) is 1. The number of aryl methyl sites for hydroxylation is 2. The third-order valence-corrected chi connectivity index (χ3v) is 7.72. The van der Waals surface area contributed by atoms with Crippen molar-refractivity contribution in [3.05, 3.63) is 71.7 Å². The lowest BCUT2D eigenvalue weighted by Crippen LogP contribution is -2.51. The number of anilines is 5. The highest BCUT2D eigenvalue weighted by Crippen LogP contribution is 2.43. The van der Waals surface area contributed by atoms with Crippen LogP contribution in [0.25, 0.3) is 0 Å². The molecule has 0 spiro atoms. The molecule has 11 nitrogen and oxygen atoms in total. The molecule has 6 rings (SSSR count). The van der Waals surface area contributed by atoms with Gasteiger partial charge in [0, 0.05) is 42.9 Å². The third kappa shape index (κ3) is 5.14. The Kier molecular flexibility index (Phi) is 7.38. The first-order valence-electron chi connectivity index (χ1n) is 13.7. The number of aliphatic hydroxyl groups excluding tert-OH is 1. The van der Waals surface area contributed by atoms with Gasteiger partial charge in [-0.05, 0) is 49.9 Å². The molecule has 11 heteroatoms. The lowest BCUT2D eigenvalue weighted by atomic mass is 10.1. The van der Waals surface area contributed by atoms with Crippen LogP contribution in [0.5, 0.6) is 11.5 Å². The maximum atomic E-state index is 12.0. The second-order valence-corrected chi connectivity index (χ2v) is 10.3. The van der Waals surface area contributed by atoms with Crippen LogP contribution >= 0.6 is 0 Å². The number of nitrogens with zero attached hydrogens (tertiary/aromatic N) is 6. The second kappa shape index (κ2) is 11.3. The molecule has 2 aromatic carbocycles. The summed E-state index contributed by atoms with van der Waals surface area (Å²) in [6.45, 7) is 6.01. The Morgan fingerprint density at radius 1 is 1.02 bits per heavy atom. The highest BCUT2D eigenvalue weighted by Gasteiger charge is 2.36. The Balaban J connectivity index is 1.40. The van der Waals surface area contributed by atoms with Crippen molar-refractivity contribution in [2.24, 2.45) is 0 Å². The van der Waals surface area contributed by atoms with Gasteiger partial charge in [-0.3, -0.25) is 9.58 Å². The number of aliphatic hydroxyl groups is 1. The summed E-state index contributed by atoms with van der Waals surface area (Å²) < 4.78 is 18.6. The predicted molar refractivity (Wildman–Crippen MR) is 156 cm³/mol. The van der Waals surface area contributed by atoms with Crippen LogP contribution < -0.4 is 24.6 Å². The summed E-state index contributed by atoms with van der Waals surface area (Å²) in [4.78, 5) is 13.3. The first-order chi connectivity index (χ1) is 20.0. The molecule has 2 aromatic heterocycles. The van der Waals surface area contributed by atoms with Crippen molar-refractivity contribution in [1.82, 2.24) is 19.7 Å². The van der Waals surface area contributed by atoms with Gasteiger partial charge < -0.3 is 29.5 Å². The van der Waals surface area contributed by atoms with Crippen LogP contribution in [-0.2, 0) is 11.3 Å². The molecule has 0 amide bonds. The smallest absolute Gasteiger partial charge is 0.229 e. The van der Waals surface area contributed by atoms with E-state index in [1.54, 1.807) is 31.4 Å². The first kappa shape index (κ1) is 26.9. The molecule has 1 unspecified atom stereocenters. The predicted octanol–water partition coefficient (Wildman–Crippen LogP) is 4.84. The molecule has 0 aliphatic carbocycles. The standard InChI is InChI=1S/C30H35N7O4/c1-19-6-5-7-20(2)27(19)35-17-21-15-31-29(33-22-16-32-36(18-22)23-10-12-41-13-11-23)34-28(21)37(30(35)38)25-9-8-24(39-3)14-26(25)40-4/h5-9,14-16,18,23,30,38H,10-13,17H2,1-4H3,(H,31,33,34). The number of hydrogen-bond donors (Lipinski definition) is 2. The fraction of sp³-hybridized carbons (Fsp3) is 0.367. The lowest BCUT2D eigenvalue weighted by Gasteiger charge is -2.44. The lowest BCUT2D eigenvalue weighted by molar-refractivity contribution is 0.0662. The molecule has 1 fully saturated rings. The summed E-state index contributed by atoms with van der Waals surface area (Å²) >= 11 is 0. The van der Waals surface area contributed by atoms with Crippen molar-refractivity contribution < 1.29 is 19.3 Å². The highest BCUT2D eigenvalue weighted by molar-refractivity contribution is 5.75. The Morgan fingerprint density at radius 2 is 1.80 bits per heavy atom. The molecular formula is C30H35N7O4. The summed E-state index contributed by atoms with van der Waals surface area (Å²) in [6.07, 6.45) is 6.36. The van der Waals surface area contributed by atoms with Crippen molar-refractivity contribution >= 4 is 28.8 Å². The van der Waals surface area contributed by atoms with Gasteiger partial charge in [-0.25, -0.2) is 4.98 Å². The molecule has 2 aliphatic rings. The number of methoxy groups -OCH3 is 2. The van der Waals surface area contributed by atoms with Crippen LogP contribution in [0, 0.1) is 13.8 Å². The fourth-order valence-electron chi connectivity index (χ4n) is 5.65. The van der Waals surface area contributed by atoms with Crippen molar-refractivity contribution in [3.8, 4) is 11.5 Å². The van der Waals surface area contributed by atoms with Gasteiger partial charge in [-0.1, -0.05) is 18.2 Å². The number of aromatic nitrogens is 4.